The average Bonchev–Trinajstić information content (AvgIpc) is 3.37. The molecule has 2 aromatic rings. The maximum atomic E-state index is 11.4. The summed E-state index contributed by atoms with van der Waals surface area (Å²) in [5.41, 5.74) is 2.21. The highest BCUT2D eigenvalue weighted by Crippen LogP contribution is 2.31. The van der Waals surface area contributed by atoms with Crippen molar-refractivity contribution in [1.82, 2.24) is 10.6 Å². The van der Waals surface area contributed by atoms with Gasteiger partial charge in [0.15, 0.2) is 5.96 Å². The van der Waals surface area contributed by atoms with Crippen LogP contribution in [0.1, 0.15) is 35.8 Å². The van der Waals surface area contributed by atoms with Crippen LogP contribution >= 0.6 is 35.3 Å². The zero-order valence-corrected chi connectivity index (χ0v) is 21.1. The summed E-state index contributed by atoms with van der Waals surface area (Å²) in [5, 5.41) is 11.6. The highest BCUT2D eigenvalue weighted by Gasteiger charge is 2.22. The van der Waals surface area contributed by atoms with Gasteiger partial charge in [-0.15, -0.1) is 35.3 Å². The number of thiophene rings is 1. The van der Waals surface area contributed by atoms with Crippen molar-refractivity contribution in [1.29, 1.82) is 0 Å². The quantitative estimate of drug-likeness (QED) is 0.246. The number of guanidine groups is 1. The van der Waals surface area contributed by atoms with E-state index in [1.165, 1.54) is 18.9 Å². The number of nitrogens with two attached hydrogens (primary N) is 1. The standard InChI is InChI=1S/C20H28N4O3S2.HI/c1-3-22-20(24-12-17-8-9-19(28-17)29(21,25)26)23-11-16-7-4-14(2)10-18(16)27-13-15-5-6-15;/h4,7-10,15H,3,5-6,11-13H2,1-2H3,(H2,21,25,26)(H2,22,23,24);1H. The Balaban J connectivity index is 0.00000320. The maximum absolute atomic E-state index is 11.4. The Labute approximate surface area is 199 Å². The van der Waals surface area contributed by atoms with Gasteiger partial charge in [-0.1, -0.05) is 12.1 Å². The van der Waals surface area contributed by atoms with Gasteiger partial charge in [0, 0.05) is 17.0 Å². The lowest BCUT2D eigenvalue weighted by Gasteiger charge is -2.13. The first-order valence-electron chi connectivity index (χ1n) is 9.71. The molecule has 3 rings (SSSR count). The monoisotopic (exact) mass is 564 g/mol. The van der Waals surface area contributed by atoms with E-state index in [0.29, 0.717) is 25.0 Å². The van der Waals surface area contributed by atoms with Crippen LogP contribution < -0.4 is 20.5 Å². The van der Waals surface area contributed by atoms with E-state index in [1.807, 2.05) is 6.92 Å². The molecule has 0 unspecified atom stereocenters. The van der Waals surface area contributed by atoms with Crippen LogP contribution in [0.4, 0.5) is 0 Å². The molecule has 1 heterocycles. The Hall–Kier alpha value is -1.37. The van der Waals surface area contributed by atoms with Gasteiger partial charge in [-0.05, 0) is 56.4 Å². The Morgan fingerprint density at radius 3 is 2.67 bits per heavy atom. The van der Waals surface area contributed by atoms with Gasteiger partial charge in [-0.2, -0.15) is 0 Å². The highest BCUT2D eigenvalue weighted by molar-refractivity contribution is 14.0. The van der Waals surface area contributed by atoms with Crippen LogP contribution in [0.5, 0.6) is 5.75 Å². The summed E-state index contributed by atoms with van der Waals surface area (Å²) in [6.07, 6.45) is 2.51. The molecule has 1 aliphatic rings. The predicted octanol–water partition coefficient (Wildman–Crippen LogP) is 3.37. The van der Waals surface area contributed by atoms with Crippen molar-refractivity contribution >= 4 is 51.3 Å². The molecule has 1 aliphatic carbocycles. The van der Waals surface area contributed by atoms with Crippen LogP contribution in [0.3, 0.4) is 0 Å². The summed E-state index contributed by atoms with van der Waals surface area (Å²) in [5.74, 6) is 2.25. The molecule has 30 heavy (non-hydrogen) atoms. The largest absolute Gasteiger partial charge is 0.493 e. The summed E-state index contributed by atoms with van der Waals surface area (Å²) < 4.78 is 29.0. The molecule has 10 heteroatoms. The van der Waals surface area contributed by atoms with E-state index in [9.17, 15) is 8.42 Å². The minimum Gasteiger partial charge on any atom is -0.493 e. The van der Waals surface area contributed by atoms with E-state index in [4.69, 9.17) is 9.88 Å². The molecular formula is C20H29IN4O3S2. The maximum Gasteiger partial charge on any atom is 0.247 e. The van der Waals surface area contributed by atoms with Gasteiger partial charge in [-0.25, -0.2) is 18.5 Å². The summed E-state index contributed by atoms with van der Waals surface area (Å²) in [4.78, 5) is 5.53. The second-order valence-electron chi connectivity index (χ2n) is 7.18. The van der Waals surface area contributed by atoms with Crippen LogP contribution in [0.2, 0.25) is 0 Å². The van der Waals surface area contributed by atoms with Gasteiger partial charge in [0.05, 0.1) is 19.7 Å². The molecule has 4 N–H and O–H groups in total. The van der Waals surface area contributed by atoms with Crippen molar-refractivity contribution in [3.05, 3.63) is 46.3 Å². The third kappa shape index (κ3) is 7.71. The number of benzene rings is 1. The molecule has 0 aliphatic heterocycles. The minimum absolute atomic E-state index is 0. The molecular weight excluding hydrogens is 535 g/mol. The number of ether oxygens (including phenoxy) is 1. The van der Waals surface area contributed by atoms with Crippen LogP contribution in [0.25, 0.3) is 0 Å². The fraction of sp³-hybridized carbons (Fsp3) is 0.450. The third-order valence-corrected chi connectivity index (χ3v) is 7.02. The lowest BCUT2D eigenvalue weighted by Crippen LogP contribution is -2.36. The highest BCUT2D eigenvalue weighted by atomic mass is 127. The van der Waals surface area contributed by atoms with Crippen molar-refractivity contribution < 1.29 is 13.2 Å². The number of rotatable bonds is 9. The Kier molecular flexibility index (Phi) is 9.38. The second kappa shape index (κ2) is 11.3. The van der Waals surface area contributed by atoms with Crippen molar-refractivity contribution in [3.63, 3.8) is 0 Å². The van der Waals surface area contributed by atoms with Crippen molar-refractivity contribution in [3.8, 4) is 5.75 Å². The summed E-state index contributed by atoms with van der Waals surface area (Å²) in [6, 6.07) is 9.47. The fourth-order valence-electron chi connectivity index (χ4n) is 2.70. The van der Waals surface area contributed by atoms with E-state index in [-0.39, 0.29) is 28.2 Å². The molecule has 166 valence electrons. The summed E-state index contributed by atoms with van der Waals surface area (Å²) in [6.45, 7) is 6.49. The Morgan fingerprint density at radius 1 is 1.27 bits per heavy atom. The van der Waals surface area contributed by atoms with Gasteiger partial charge >= 0.3 is 0 Å². The zero-order chi connectivity index (χ0) is 20.9. The molecule has 1 saturated carbocycles. The Morgan fingerprint density at radius 2 is 2.03 bits per heavy atom. The lowest BCUT2D eigenvalue weighted by atomic mass is 10.1. The van der Waals surface area contributed by atoms with Gasteiger partial charge in [0.25, 0.3) is 0 Å². The minimum atomic E-state index is -3.66. The van der Waals surface area contributed by atoms with Crippen molar-refractivity contribution in [2.24, 2.45) is 16.0 Å². The molecule has 0 atom stereocenters. The number of aliphatic imine (C=N–C) groups is 1. The molecule has 0 radical (unpaired) electrons. The number of aryl methyl sites for hydroxylation is 1. The number of sulfonamides is 1. The van der Waals surface area contributed by atoms with Gasteiger partial charge < -0.3 is 15.4 Å². The normalized spacial score (nSPS) is 14.2. The molecule has 1 fully saturated rings. The predicted molar refractivity (Wildman–Crippen MR) is 132 cm³/mol. The SMILES string of the molecule is CCNC(=NCc1ccc(C)cc1OCC1CC1)NCc1ccc(S(N)(=O)=O)s1.I. The molecule has 1 aromatic heterocycles. The third-order valence-electron chi connectivity index (χ3n) is 4.49. The fourth-order valence-corrected chi connectivity index (χ4v) is 4.42. The van der Waals surface area contributed by atoms with E-state index in [2.05, 4.69) is 40.7 Å². The summed E-state index contributed by atoms with van der Waals surface area (Å²) >= 11 is 1.16. The van der Waals surface area contributed by atoms with E-state index in [1.54, 1.807) is 6.07 Å². The molecule has 0 saturated heterocycles. The number of hydrogen-bond donors (Lipinski definition) is 3. The first kappa shape index (κ1) is 24.9. The molecule has 1 aromatic carbocycles. The smallest absolute Gasteiger partial charge is 0.247 e. The van der Waals surface area contributed by atoms with Crippen molar-refractivity contribution in [2.75, 3.05) is 13.2 Å². The molecule has 7 nitrogen and oxygen atoms in total. The Bertz CT molecular complexity index is 972. The average molecular weight is 565 g/mol. The van der Waals surface area contributed by atoms with Gasteiger partial charge in [0.1, 0.15) is 9.96 Å². The van der Waals surface area contributed by atoms with Gasteiger partial charge in [-0.3, -0.25) is 0 Å². The molecule has 0 spiro atoms. The van der Waals surface area contributed by atoms with Gasteiger partial charge in [0.2, 0.25) is 10.0 Å². The number of nitrogens with zero attached hydrogens (tertiary/aromatic N) is 1. The number of nitrogens with one attached hydrogen (secondary N) is 2. The zero-order valence-electron chi connectivity index (χ0n) is 17.2. The van der Waals surface area contributed by atoms with Crippen LogP contribution in [0.15, 0.2) is 39.5 Å². The summed E-state index contributed by atoms with van der Waals surface area (Å²) in [7, 11) is -3.66. The van der Waals surface area contributed by atoms with Crippen LogP contribution in [-0.4, -0.2) is 27.5 Å². The topological polar surface area (TPSA) is 106 Å². The molecule has 0 bridgehead atoms. The first-order chi connectivity index (χ1) is 13.8. The van der Waals surface area contributed by atoms with Crippen LogP contribution in [-0.2, 0) is 23.1 Å². The van der Waals surface area contributed by atoms with E-state index >= 15 is 0 Å². The second-order valence-corrected chi connectivity index (χ2v) is 10.1. The number of primary sulfonamides is 1. The number of hydrogen-bond acceptors (Lipinski definition) is 5. The lowest BCUT2D eigenvalue weighted by molar-refractivity contribution is 0.296. The molecule has 0 amide bonds. The first-order valence-corrected chi connectivity index (χ1v) is 12.1. The van der Waals surface area contributed by atoms with E-state index in [0.717, 1.165) is 46.2 Å². The number of halogens is 1. The van der Waals surface area contributed by atoms with Crippen LogP contribution in [0, 0.1) is 12.8 Å². The van der Waals surface area contributed by atoms with Crippen molar-refractivity contribution in [2.45, 2.75) is 44.0 Å². The van der Waals surface area contributed by atoms with E-state index < -0.39 is 10.0 Å².